The van der Waals surface area contributed by atoms with Crippen LogP contribution in [0.5, 0.6) is 5.75 Å². The van der Waals surface area contributed by atoms with Crippen LogP contribution in [-0.4, -0.2) is 25.0 Å². The second-order valence-electron chi connectivity index (χ2n) is 3.54. The van der Waals surface area contributed by atoms with Gasteiger partial charge in [-0.2, -0.15) is 0 Å². The van der Waals surface area contributed by atoms with Crippen molar-refractivity contribution in [3.05, 3.63) is 24.3 Å². The Balaban J connectivity index is 2.03. The molecule has 0 saturated carbocycles. The molecule has 1 aliphatic heterocycles. The van der Waals surface area contributed by atoms with Crippen molar-refractivity contribution in [1.29, 1.82) is 0 Å². The number of carbonyl (C=O) groups excluding carboxylic acids is 2. The summed E-state index contributed by atoms with van der Waals surface area (Å²) < 4.78 is 5.02. The summed E-state index contributed by atoms with van der Waals surface area (Å²) in [7, 11) is 1.59. The van der Waals surface area contributed by atoms with Crippen LogP contribution in [0, 0.1) is 0 Å². The Kier molecular flexibility index (Phi) is 2.76. The van der Waals surface area contributed by atoms with Crippen molar-refractivity contribution >= 4 is 17.5 Å². The Morgan fingerprint density at radius 1 is 1.31 bits per heavy atom. The number of hydrogen-bond donors (Lipinski definition) is 2. The number of hydrogen-bond acceptors (Lipinski definition) is 4. The molecule has 5 nitrogen and oxygen atoms in total. The molecule has 1 fully saturated rings. The first-order chi connectivity index (χ1) is 7.69. The summed E-state index contributed by atoms with van der Waals surface area (Å²) >= 11 is 0. The zero-order valence-corrected chi connectivity index (χ0v) is 8.82. The minimum absolute atomic E-state index is 0.185. The maximum Gasteiger partial charge on any atom is 0.249 e. The maximum atomic E-state index is 11.3. The van der Waals surface area contributed by atoms with Gasteiger partial charge in [0.1, 0.15) is 11.8 Å². The molecule has 1 atom stereocenters. The largest absolute Gasteiger partial charge is 0.497 e. The molecule has 1 aromatic rings. The van der Waals surface area contributed by atoms with Crippen molar-refractivity contribution in [1.82, 2.24) is 5.32 Å². The molecule has 2 N–H and O–H groups in total. The monoisotopic (exact) mass is 220 g/mol. The van der Waals surface area contributed by atoms with E-state index in [4.69, 9.17) is 4.74 Å². The lowest BCUT2D eigenvalue weighted by atomic mass is 10.2. The average molecular weight is 220 g/mol. The van der Waals surface area contributed by atoms with Gasteiger partial charge in [0.2, 0.25) is 11.8 Å². The predicted molar refractivity (Wildman–Crippen MR) is 58.2 cm³/mol. The lowest BCUT2D eigenvalue weighted by Crippen LogP contribution is -2.29. The van der Waals surface area contributed by atoms with Crippen molar-refractivity contribution < 1.29 is 14.3 Å². The van der Waals surface area contributed by atoms with E-state index in [9.17, 15) is 9.59 Å². The molecule has 0 spiro atoms. The van der Waals surface area contributed by atoms with Gasteiger partial charge in [0.25, 0.3) is 0 Å². The summed E-state index contributed by atoms with van der Waals surface area (Å²) in [6.45, 7) is 0. The highest BCUT2D eigenvalue weighted by molar-refractivity contribution is 6.06. The molecular formula is C11H12N2O3. The summed E-state index contributed by atoms with van der Waals surface area (Å²) in [4.78, 5) is 22.3. The van der Waals surface area contributed by atoms with Crippen LogP contribution in [0.1, 0.15) is 6.42 Å². The van der Waals surface area contributed by atoms with Crippen LogP contribution in [-0.2, 0) is 9.59 Å². The highest BCUT2D eigenvalue weighted by atomic mass is 16.5. The van der Waals surface area contributed by atoms with Gasteiger partial charge in [-0.3, -0.25) is 14.9 Å². The molecule has 1 aromatic carbocycles. The molecule has 0 aromatic heterocycles. The van der Waals surface area contributed by atoms with Crippen LogP contribution in [0.3, 0.4) is 0 Å². The summed E-state index contributed by atoms with van der Waals surface area (Å²) in [5.74, 6) is 0.231. The normalized spacial score (nSPS) is 19.4. The molecule has 5 heteroatoms. The Morgan fingerprint density at radius 3 is 2.50 bits per heavy atom. The standard InChI is InChI=1S/C11H12N2O3/c1-16-8-4-2-7(3-5-8)12-9-6-10(14)13-11(9)15/h2-5,9,12H,6H2,1H3,(H,13,14,15)/t9-/m0/s1. The summed E-state index contributed by atoms with van der Waals surface area (Å²) in [6, 6.07) is 6.71. The molecule has 0 bridgehead atoms. The van der Waals surface area contributed by atoms with E-state index >= 15 is 0 Å². The number of ether oxygens (including phenoxy) is 1. The number of amides is 2. The first-order valence-corrected chi connectivity index (χ1v) is 4.93. The van der Waals surface area contributed by atoms with Crippen molar-refractivity contribution in [2.24, 2.45) is 0 Å². The first-order valence-electron chi connectivity index (χ1n) is 4.93. The SMILES string of the molecule is COc1ccc(N[C@H]2CC(=O)NC2=O)cc1. The fourth-order valence-corrected chi connectivity index (χ4v) is 1.56. The van der Waals surface area contributed by atoms with E-state index in [0.717, 1.165) is 11.4 Å². The lowest BCUT2D eigenvalue weighted by molar-refractivity contribution is -0.124. The Bertz CT molecular complexity index is 414. The number of anilines is 1. The highest BCUT2D eigenvalue weighted by Crippen LogP contribution is 2.17. The number of methoxy groups -OCH3 is 1. The second kappa shape index (κ2) is 4.22. The van der Waals surface area contributed by atoms with E-state index in [0.29, 0.717) is 0 Å². The Hall–Kier alpha value is -2.04. The maximum absolute atomic E-state index is 11.3. The number of carbonyl (C=O) groups is 2. The van der Waals surface area contributed by atoms with Crippen molar-refractivity contribution in [2.45, 2.75) is 12.5 Å². The molecule has 0 aliphatic carbocycles. The highest BCUT2D eigenvalue weighted by Gasteiger charge is 2.30. The van der Waals surface area contributed by atoms with Crippen LogP contribution in [0.15, 0.2) is 24.3 Å². The molecular weight excluding hydrogens is 208 g/mol. The van der Waals surface area contributed by atoms with Crippen LogP contribution in [0.25, 0.3) is 0 Å². The third-order valence-electron chi connectivity index (χ3n) is 2.40. The van der Waals surface area contributed by atoms with Crippen LogP contribution >= 0.6 is 0 Å². The van der Waals surface area contributed by atoms with Crippen molar-refractivity contribution in [3.63, 3.8) is 0 Å². The second-order valence-corrected chi connectivity index (χ2v) is 3.54. The van der Waals surface area contributed by atoms with E-state index in [2.05, 4.69) is 10.6 Å². The average Bonchev–Trinajstić information content (AvgIpc) is 2.59. The van der Waals surface area contributed by atoms with Gasteiger partial charge in [-0.15, -0.1) is 0 Å². The molecule has 1 saturated heterocycles. The first kappa shape index (κ1) is 10.5. The molecule has 1 heterocycles. The smallest absolute Gasteiger partial charge is 0.249 e. The number of benzene rings is 1. The topological polar surface area (TPSA) is 67.4 Å². The van der Waals surface area contributed by atoms with Crippen LogP contribution in [0.4, 0.5) is 5.69 Å². The lowest BCUT2D eigenvalue weighted by Gasteiger charge is -2.10. The van der Waals surface area contributed by atoms with Gasteiger partial charge in [-0.05, 0) is 24.3 Å². The van der Waals surface area contributed by atoms with Crippen LogP contribution < -0.4 is 15.4 Å². The van der Waals surface area contributed by atoms with Gasteiger partial charge in [0.15, 0.2) is 0 Å². The molecule has 2 rings (SSSR count). The number of imide groups is 1. The number of rotatable bonds is 3. The molecule has 0 unspecified atom stereocenters. The Labute approximate surface area is 92.8 Å². The van der Waals surface area contributed by atoms with Gasteiger partial charge in [0, 0.05) is 5.69 Å². The quantitative estimate of drug-likeness (QED) is 0.729. The molecule has 0 radical (unpaired) electrons. The van der Waals surface area contributed by atoms with Gasteiger partial charge >= 0.3 is 0 Å². The minimum atomic E-state index is -0.471. The third-order valence-corrected chi connectivity index (χ3v) is 2.40. The fraction of sp³-hybridized carbons (Fsp3) is 0.273. The van der Waals surface area contributed by atoms with E-state index in [-0.39, 0.29) is 18.2 Å². The van der Waals surface area contributed by atoms with Crippen LogP contribution in [0.2, 0.25) is 0 Å². The van der Waals surface area contributed by atoms with E-state index in [1.54, 1.807) is 31.4 Å². The van der Waals surface area contributed by atoms with E-state index < -0.39 is 6.04 Å². The summed E-state index contributed by atoms with van der Waals surface area (Å²) in [6.07, 6.45) is 0.185. The fourth-order valence-electron chi connectivity index (χ4n) is 1.56. The van der Waals surface area contributed by atoms with Gasteiger partial charge in [0.05, 0.1) is 13.5 Å². The Morgan fingerprint density at radius 2 is 2.00 bits per heavy atom. The van der Waals surface area contributed by atoms with E-state index in [1.807, 2.05) is 0 Å². The molecule has 84 valence electrons. The summed E-state index contributed by atoms with van der Waals surface area (Å²) in [5, 5.41) is 5.23. The zero-order chi connectivity index (χ0) is 11.5. The van der Waals surface area contributed by atoms with Gasteiger partial charge in [-0.25, -0.2) is 0 Å². The summed E-state index contributed by atoms with van der Waals surface area (Å²) in [5.41, 5.74) is 0.788. The van der Waals surface area contributed by atoms with E-state index in [1.165, 1.54) is 0 Å². The van der Waals surface area contributed by atoms with Crippen molar-refractivity contribution in [2.75, 3.05) is 12.4 Å². The minimum Gasteiger partial charge on any atom is -0.497 e. The predicted octanol–water partition coefficient (Wildman–Crippen LogP) is 0.522. The zero-order valence-electron chi connectivity index (χ0n) is 8.82. The number of nitrogens with one attached hydrogen (secondary N) is 2. The molecule has 16 heavy (non-hydrogen) atoms. The molecule has 2 amide bonds. The van der Waals surface area contributed by atoms with Crippen molar-refractivity contribution in [3.8, 4) is 5.75 Å². The molecule has 1 aliphatic rings. The van der Waals surface area contributed by atoms with Gasteiger partial charge < -0.3 is 10.1 Å². The third kappa shape index (κ3) is 2.13. The van der Waals surface area contributed by atoms with Gasteiger partial charge in [-0.1, -0.05) is 0 Å².